The molecule has 1 fully saturated rings. The van der Waals surface area contributed by atoms with Crippen LogP contribution in [0.15, 0.2) is 42.6 Å². The van der Waals surface area contributed by atoms with Gasteiger partial charge in [-0.3, -0.25) is 9.78 Å². The molecule has 28 heavy (non-hydrogen) atoms. The summed E-state index contributed by atoms with van der Waals surface area (Å²) in [5, 5.41) is 12.3. The lowest BCUT2D eigenvalue weighted by molar-refractivity contribution is 0.0697. The lowest BCUT2D eigenvalue weighted by Gasteiger charge is -2.18. The summed E-state index contributed by atoms with van der Waals surface area (Å²) in [7, 11) is 0. The molecule has 1 aromatic carbocycles. The predicted molar refractivity (Wildman–Crippen MR) is 108 cm³/mol. The van der Waals surface area contributed by atoms with Crippen molar-refractivity contribution in [2.24, 2.45) is 11.8 Å². The van der Waals surface area contributed by atoms with Crippen molar-refractivity contribution in [3.63, 3.8) is 0 Å². The summed E-state index contributed by atoms with van der Waals surface area (Å²) in [4.78, 5) is 30.6. The molecule has 1 aliphatic heterocycles. The van der Waals surface area contributed by atoms with E-state index < -0.39 is 5.97 Å². The number of hydrogen-bond acceptors (Lipinski definition) is 4. The molecule has 1 atom stereocenters. The number of aromatic nitrogens is 1. The number of benzene rings is 1. The molecule has 148 valence electrons. The predicted octanol–water partition coefficient (Wildman–Crippen LogP) is 3.15. The summed E-state index contributed by atoms with van der Waals surface area (Å²) in [6.07, 6.45) is 2.61. The third kappa shape index (κ3) is 4.95. The van der Waals surface area contributed by atoms with E-state index in [1.54, 1.807) is 36.4 Å². The number of carbonyl (C=O) groups is 2. The van der Waals surface area contributed by atoms with E-state index in [1.807, 2.05) is 0 Å². The van der Waals surface area contributed by atoms with E-state index >= 15 is 0 Å². The molecule has 1 amide bonds. The number of carbonyl (C=O) groups excluding carboxylic acids is 1. The van der Waals surface area contributed by atoms with Crippen LogP contribution in [0.3, 0.4) is 0 Å². The minimum absolute atomic E-state index is 0.145. The van der Waals surface area contributed by atoms with Crippen molar-refractivity contribution in [1.82, 2.24) is 15.2 Å². The highest BCUT2D eigenvalue weighted by atomic mass is 16.4. The summed E-state index contributed by atoms with van der Waals surface area (Å²) in [5.74, 6) is -0.00302. The van der Waals surface area contributed by atoms with E-state index in [0.29, 0.717) is 35.2 Å². The maximum absolute atomic E-state index is 12.4. The average molecular weight is 381 g/mol. The van der Waals surface area contributed by atoms with Gasteiger partial charge in [-0.2, -0.15) is 0 Å². The fraction of sp³-hybridized carbons (Fsp3) is 0.409. The zero-order chi connectivity index (χ0) is 20.1. The van der Waals surface area contributed by atoms with Crippen LogP contribution in [0.2, 0.25) is 0 Å². The van der Waals surface area contributed by atoms with Crippen LogP contribution in [0.4, 0.5) is 0 Å². The first kappa shape index (κ1) is 20.0. The van der Waals surface area contributed by atoms with Crippen LogP contribution in [0, 0.1) is 11.8 Å². The zero-order valence-corrected chi connectivity index (χ0v) is 16.4. The Morgan fingerprint density at radius 1 is 1.25 bits per heavy atom. The average Bonchev–Trinajstić information content (AvgIpc) is 3.12. The van der Waals surface area contributed by atoms with Crippen LogP contribution < -0.4 is 5.32 Å². The Hall–Kier alpha value is -2.73. The summed E-state index contributed by atoms with van der Waals surface area (Å²) in [5.41, 5.74) is 1.75. The number of carboxylic acids is 1. The van der Waals surface area contributed by atoms with Gasteiger partial charge < -0.3 is 15.3 Å². The first-order valence-electron chi connectivity index (χ1n) is 9.73. The summed E-state index contributed by atoms with van der Waals surface area (Å²) in [6.45, 7) is 8.34. The van der Waals surface area contributed by atoms with Crippen molar-refractivity contribution in [2.45, 2.75) is 20.3 Å². The zero-order valence-electron chi connectivity index (χ0n) is 16.4. The smallest absolute Gasteiger partial charge is 0.336 e. The van der Waals surface area contributed by atoms with E-state index in [4.69, 9.17) is 0 Å². The number of likely N-dealkylation sites (tertiary alicyclic amines) is 1. The largest absolute Gasteiger partial charge is 0.478 e. The molecule has 0 bridgehead atoms. The van der Waals surface area contributed by atoms with Crippen molar-refractivity contribution in [3.05, 3.63) is 53.7 Å². The number of pyridine rings is 1. The normalized spacial score (nSPS) is 17.0. The Labute approximate surface area is 165 Å². The van der Waals surface area contributed by atoms with Gasteiger partial charge in [-0.05, 0) is 43.0 Å². The fourth-order valence-electron chi connectivity index (χ4n) is 3.68. The number of nitrogens with zero attached hydrogens (tertiary/aromatic N) is 2. The van der Waals surface area contributed by atoms with E-state index in [0.717, 1.165) is 26.1 Å². The molecule has 1 aromatic heterocycles. The monoisotopic (exact) mass is 381 g/mol. The van der Waals surface area contributed by atoms with Gasteiger partial charge in [0.2, 0.25) is 0 Å². The highest BCUT2D eigenvalue weighted by Crippen LogP contribution is 2.22. The van der Waals surface area contributed by atoms with E-state index in [1.165, 1.54) is 6.20 Å². The highest BCUT2D eigenvalue weighted by Gasteiger charge is 2.23. The van der Waals surface area contributed by atoms with Crippen LogP contribution in [0.5, 0.6) is 0 Å². The lowest BCUT2D eigenvalue weighted by atomic mass is 10.0. The number of nitrogens with one attached hydrogen (secondary N) is 1. The summed E-state index contributed by atoms with van der Waals surface area (Å²) >= 11 is 0. The van der Waals surface area contributed by atoms with Crippen molar-refractivity contribution in [2.75, 3.05) is 26.2 Å². The van der Waals surface area contributed by atoms with E-state index in [-0.39, 0.29) is 11.5 Å². The minimum Gasteiger partial charge on any atom is -0.478 e. The minimum atomic E-state index is -0.998. The second kappa shape index (κ2) is 8.97. The molecule has 2 heterocycles. The molecular formula is C22H27N3O3. The van der Waals surface area contributed by atoms with E-state index in [9.17, 15) is 14.7 Å². The topological polar surface area (TPSA) is 82.5 Å². The fourth-order valence-corrected chi connectivity index (χ4v) is 3.68. The Bertz CT molecular complexity index is 833. The molecule has 0 radical (unpaired) electrons. The Kier molecular flexibility index (Phi) is 6.41. The van der Waals surface area contributed by atoms with Gasteiger partial charge in [-0.15, -0.1) is 0 Å². The van der Waals surface area contributed by atoms with E-state index in [2.05, 4.69) is 29.0 Å². The third-order valence-corrected chi connectivity index (χ3v) is 5.00. The molecule has 0 aliphatic carbocycles. The Morgan fingerprint density at radius 3 is 2.71 bits per heavy atom. The maximum Gasteiger partial charge on any atom is 0.336 e. The van der Waals surface area contributed by atoms with Gasteiger partial charge in [0, 0.05) is 31.4 Å². The van der Waals surface area contributed by atoms with Crippen LogP contribution in [0.1, 0.15) is 41.0 Å². The van der Waals surface area contributed by atoms with Crippen LogP contribution >= 0.6 is 0 Å². The third-order valence-electron chi connectivity index (χ3n) is 5.00. The molecular weight excluding hydrogens is 354 g/mol. The van der Waals surface area contributed by atoms with Gasteiger partial charge in [-0.1, -0.05) is 32.0 Å². The molecule has 1 saturated heterocycles. The molecule has 0 unspecified atom stereocenters. The van der Waals surface area contributed by atoms with Crippen LogP contribution in [-0.2, 0) is 0 Å². The second-order valence-corrected chi connectivity index (χ2v) is 7.80. The number of hydrogen-bond donors (Lipinski definition) is 2. The number of amides is 1. The van der Waals surface area contributed by atoms with Crippen LogP contribution in [-0.4, -0.2) is 53.0 Å². The number of carboxylic acid groups (broad SMARTS) is 1. The molecule has 2 N–H and O–H groups in total. The van der Waals surface area contributed by atoms with Crippen molar-refractivity contribution >= 4 is 11.9 Å². The molecule has 6 nitrogen and oxygen atoms in total. The quantitative estimate of drug-likeness (QED) is 0.770. The first-order valence-corrected chi connectivity index (χ1v) is 9.73. The van der Waals surface area contributed by atoms with Crippen molar-refractivity contribution in [3.8, 4) is 11.3 Å². The standard InChI is InChI=1S/C22H27N3O3/c1-15(2)13-25-10-9-16(14-25)11-24-21(26)17-7-8-20(23-12-17)18-5-3-4-6-19(18)22(27)28/h3-8,12,15-16H,9-11,13-14H2,1-2H3,(H,24,26)(H,27,28)/t16-/m0/s1. The van der Waals surface area contributed by atoms with Gasteiger partial charge in [0.15, 0.2) is 0 Å². The van der Waals surface area contributed by atoms with Crippen LogP contribution in [0.25, 0.3) is 11.3 Å². The SMILES string of the molecule is CC(C)CN1CC[C@@H](CNC(=O)c2ccc(-c3ccccc3C(=O)O)nc2)C1. The van der Waals surface area contributed by atoms with Gasteiger partial charge in [0.05, 0.1) is 16.8 Å². The van der Waals surface area contributed by atoms with Crippen molar-refractivity contribution < 1.29 is 14.7 Å². The molecule has 0 saturated carbocycles. The molecule has 2 aromatic rings. The second-order valence-electron chi connectivity index (χ2n) is 7.80. The lowest BCUT2D eigenvalue weighted by Crippen LogP contribution is -2.31. The highest BCUT2D eigenvalue weighted by molar-refractivity contribution is 5.96. The number of aromatic carboxylic acids is 1. The number of rotatable bonds is 7. The van der Waals surface area contributed by atoms with Gasteiger partial charge >= 0.3 is 5.97 Å². The van der Waals surface area contributed by atoms with Gasteiger partial charge in [-0.25, -0.2) is 4.79 Å². The molecule has 6 heteroatoms. The first-order chi connectivity index (χ1) is 13.4. The Morgan fingerprint density at radius 2 is 2.04 bits per heavy atom. The van der Waals surface area contributed by atoms with Crippen molar-refractivity contribution in [1.29, 1.82) is 0 Å². The maximum atomic E-state index is 12.4. The Balaban J connectivity index is 1.58. The molecule has 0 spiro atoms. The summed E-state index contributed by atoms with van der Waals surface area (Å²) < 4.78 is 0. The van der Waals surface area contributed by atoms with Gasteiger partial charge in [0.25, 0.3) is 5.91 Å². The molecule has 3 rings (SSSR count). The molecule has 1 aliphatic rings. The summed E-state index contributed by atoms with van der Waals surface area (Å²) in [6, 6.07) is 10.1. The van der Waals surface area contributed by atoms with Gasteiger partial charge in [0.1, 0.15) is 0 Å².